The third-order valence-electron chi connectivity index (χ3n) is 6.32. The fourth-order valence-electron chi connectivity index (χ4n) is 4.45. The number of hydrogen-bond donors (Lipinski definition) is 2. The van der Waals surface area contributed by atoms with Crippen LogP contribution >= 0.6 is 0 Å². The van der Waals surface area contributed by atoms with Crippen LogP contribution < -0.4 is 10.6 Å². The van der Waals surface area contributed by atoms with Gasteiger partial charge in [-0.3, -0.25) is 4.99 Å². The number of carbonyl (C=O) groups excluding carboxylic acids is 1. The highest BCUT2D eigenvalue weighted by molar-refractivity contribution is 5.79. The van der Waals surface area contributed by atoms with Crippen molar-refractivity contribution < 1.29 is 14.3 Å². The molecule has 7 heteroatoms. The molecule has 0 radical (unpaired) electrons. The summed E-state index contributed by atoms with van der Waals surface area (Å²) in [4.78, 5) is 18.5. The van der Waals surface area contributed by atoms with Crippen molar-refractivity contribution in [3.8, 4) is 0 Å². The Kier molecular flexibility index (Phi) is 9.72. The number of hydrogen-bond acceptors (Lipinski definition) is 4. The van der Waals surface area contributed by atoms with Crippen LogP contribution in [-0.2, 0) is 9.47 Å². The molecule has 1 aliphatic heterocycles. The fraction of sp³-hybridized carbons (Fsp3) is 0.913. The van der Waals surface area contributed by atoms with E-state index in [2.05, 4.69) is 22.5 Å². The van der Waals surface area contributed by atoms with Gasteiger partial charge in [-0.15, -0.1) is 0 Å². The van der Waals surface area contributed by atoms with Gasteiger partial charge in [0.2, 0.25) is 0 Å². The number of carbonyl (C=O) groups is 1. The van der Waals surface area contributed by atoms with Crippen molar-refractivity contribution in [3.63, 3.8) is 0 Å². The standard InChI is InChI=1S/C23H44N4O3/c1-6-29-16-13-23(11-7-8-12-23)18-26-20(24-5)25-17-19-9-14-27(15-10-19)21(28)30-22(2,3)4/h19H,6-18H2,1-5H3,(H2,24,25,26). The minimum Gasteiger partial charge on any atom is -0.444 e. The molecule has 0 spiro atoms. The van der Waals surface area contributed by atoms with Crippen LogP contribution in [0.2, 0.25) is 0 Å². The van der Waals surface area contributed by atoms with Gasteiger partial charge in [-0.2, -0.15) is 0 Å². The molecule has 0 bridgehead atoms. The molecule has 0 aromatic carbocycles. The zero-order chi connectivity index (χ0) is 22.0. The van der Waals surface area contributed by atoms with E-state index in [9.17, 15) is 4.79 Å². The number of likely N-dealkylation sites (tertiary alicyclic amines) is 1. The molecule has 1 heterocycles. The molecule has 2 aliphatic rings. The highest BCUT2D eigenvalue weighted by Crippen LogP contribution is 2.40. The van der Waals surface area contributed by atoms with E-state index < -0.39 is 5.60 Å². The number of ether oxygens (including phenoxy) is 2. The summed E-state index contributed by atoms with van der Waals surface area (Å²) in [5, 5.41) is 7.07. The Morgan fingerprint density at radius 3 is 2.40 bits per heavy atom. The molecule has 7 nitrogen and oxygen atoms in total. The Bertz CT molecular complexity index is 545. The number of guanidine groups is 1. The number of rotatable bonds is 8. The third kappa shape index (κ3) is 8.32. The second-order valence-corrected chi connectivity index (χ2v) is 9.87. The molecule has 2 fully saturated rings. The Labute approximate surface area is 183 Å². The average molecular weight is 425 g/mol. The zero-order valence-corrected chi connectivity index (χ0v) is 19.9. The molecule has 0 aromatic rings. The maximum Gasteiger partial charge on any atom is 0.410 e. The van der Waals surface area contributed by atoms with Crippen LogP contribution in [0.1, 0.15) is 72.6 Å². The minimum absolute atomic E-state index is 0.194. The molecule has 1 saturated heterocycles. The van der Waals surface area contributed by atoms with Gasteiger partial charge in [-0.05, 0) is 71.1 Å². The monoisotopic (exact) mass is 424 g/mol. The second kappa shape index (κ2) is 11.8. The summed E-state index contributed by atoms with van der Waals surface area (Å²) in [6.45, 7) is 12.8. The molecule has 0 atom stereocenters. The number of aliphatic imine (C=N–C) groups is 1. The van der Waals surface area contributed by atoms with E-state index in [1.807, 2.05) is 32.7 Å². The van der Waals surface area contributed by atoms with Crippen molar-refractivity contribution in [1.29, 1.82) is 0 Å². The summed E-state index contributed by atoms with van der Waals surface area (Å²) >= 11 is 0. The van der Waals surface area contributed by atoms with Crippen LogP contribution in [-0.4, -0.2) is 69.0 Å². The summed E-state index contributed by atoms with van der Waals surface area (Å²) in [5.41, 5.74) is -0.0987. The Morgan fingerprint density at radius 1 is 1.17 bits per heavy atom. The lowest BCUT2D eigenvalue weighted by atomic mass is 9.83. The highest BCUT2D eigenvalue weighted by Gasteiger charge is 2.33. The summed E-state index contributed by atoms with van der Waals surface area (Å²) in [5.74, 6) is 1.42. The first kappa shape index (κ1) is 24.8. The van der Waals surface area contributed by atoms with Crippen LogP contribution in [0.3, 0.4) is 0 Å². The van der Waals surface area contributed by atoms with Crippen LogP contribution in [0.4, 0.5) is 4.79 Å². The van der Waals surface area contributed by atoms with E-state index in [4.69, 9.17) is 9.47 Å². The molecule has 1 saturated carbocycles. The molecule has 0 aromatic heterocycles. The van der Waals surface area contributed by atoms with Gasteiger partial charge in [0.05, 0.1) is 0 Å². The van der Waals surface area contributed by atoms with Crippen LogP contribution in [0.25, 0.3) is 0 Å². The van der Waals surface area contributed by atoms with E-state index in [0.29, 0.717) is 11.3 Å². The highest BCUT2D eigenvalue weighted by atomic mass is 16.6. The van der Waals surface area contributed by atoms with Gasteiger partial charge in [-0.1, -0.05) is 12.8 Å². The second-order valence-electron chi connectivity index (χ2n) is 9.87. The molecule has 1 amide bonds. The van der Waals surface area contributed by atoms with E-state index in [0.717, 1.165) is 64.6 Å². The molecular formula is C23H44N4O3. The van der Waals surface area contributed by atoms with Crippen molar-refractivity contribution in [2.75, 3.05) is 46.4 Å². The van der Waals surface area contributed by atoms with E-state index in [1.54, 1.807) is 0 Å². The average Bonchev–Trinajstić information content (AvgIpc) is 3.16. The number of amides is 1. The minimum atomic E-state index is -0.438. The third-order valence-corrected chi connectivity index (χ3v) is 6.32. The molecule has 2 rings (SSSR count). The van der Waals surface area contributed by atoms with Crippen LogP contribution in [0.15, 0.2) is 4.99 Å². The van der Waals surface area contributed by atoms with Crippen molar-refractivity contribution in [2.24, 2.45) is 16.3 Å². The lowest BCUT2D eigenvalue weighted by Crippen LogP contribution is -2.47. The summed E-state index contributed by atoms with van der Waals surface area (Å²) < 4.78 is 11.1. The zero-order valence-electron chi connectivity index (χ0n) is 19.9. The van der Waals surface area contributed by atoms with E-state index in [1.165, 1.54) is 25.7 Å². The Hall–Kier alpha value is -1.50. The van der Waals surface area contributed by atoms with Gasteiger partial charge in [0, 0.05) is 46.4 Å². The molecule has 1 aliphatic carbocycles. The molecule has 2 N–H and O–H groups in total. The van der Waals surface area contributed by atoms with Crippen molar-refractivity contribution in [1.82, 2.24) is 15.5 Å². The van der Waals surface area contributed by atoms with E-state index >= 15 is 0 Å². The summed E-state index contributed by atoms with van der Waals surface area (Å²) in [7, 11) is 1.84. The Morgan fingerprint density at radius 2 is 1.83 bits per heavy atom. The van der Waals surface area contributed by atoms with Gasteiger partial charge in [0.1, 0.15) is 5.60 Å². The Balaban J connectivity index is 1.71. The summed E-state index contributed by atoms with van der Waals surface area (Å²) in [6, 6.07) is 0. The van der Waals surface area contributed by atoms with Gasteiger partial charge in [0.25, 0.3) is 0 Å². The largest absolute Gasteiger partial charge is 0.444 e. The molecular weight excluding hydrogens is 380 g/mol. The van der Waals surface area contributed by atoms with Crippen molar-refractivity contribution in [3.05, 3.63) is 0 Å². The first-order valence-corrected chi connectivity index (χ1v) is 11.8. The number of nitrogens with one attached hydrogen (secondary N) is 2. The van der Waals surface area contributed by atoms with Crippen LogP contribution in [0.5, 0.6) is 0 Å². The van der Waals surface area contributed by atoms with Gasteiger partial charge < -0.3 is 25.0 Å². The van der Waals surface area contributed by atoms with Crippen LogP contribution in [0, 0.1) is 11.3 Å². The first-order valence-electron chi connectivity index (χ1n) is 11.8. The normalized spacial score (nSPS) is 20.3. The first-order chi connectivity index (χ1) is 14.3. The summed E-state index contributed by atoms with van der Waals surface area (Å²) in [6.07, 6.45) is 8.07. The van der Waals surface area contributed by atoms with Crippen molar-refractivity contribution >= 4 is 12.1 Å². The predicted molar refractivity (Wildman–Crippen MR) is 122 cm³/mol. The molecule has 174 valence electrons. The number of piperidine rings is 1. The van der Waals surface area contributed by atoms with Gasteiger partial charge in [0.15, 0.2) is 5.96 Å². The fourth-order valence-corrected chi connectivity index (χ4v) is 4.45. The maximum atomic E-state index is 12.2. The topological polar surface area (TPSA) is 75.2 Å². The van der Waals surface area contributed by atoms with Crippen molar-refractivity contribution in [2.45, 2.75) is 78.2 Å². The van der Waals surface area contributed by atoms with E-state index in [-0.39, 0.29) is 6.09 Å². The van der Waals surface area contributed by atoms with Gasteiger partial charge >= 0.3 is 6.09 Å². The lowest BCUT2D eigenvalue weighted by Gasteiger charge is -2.34. The smallest absolute Gasteiger partial charge is 0.410 e. The number of nitrogens with zero attached hydrogens (tertiary/aromatic N) is 2. The lowest BCUT2D eigenvalue weighted by molar-refractivity contribution is 0.0185. The quantitative estimate of drug-likeness (QED) is 0.352. The SMILES string of the molecule is CCOCCC1(CNC(=NC)NCC2CCN(C(=O)OC(C)(C)C)CC2)CCCC1. The predicted octanol–water partition coefficient (Wildman–Crippen LogP) is 3.79. The van der Waals surface area contributed by atoms with Gasteiger partial charge in [-0.25, -0.2) is 4.79 Å². The molecule has 30 heavy (non-hydrogen) atoms. The maximum absolute atomic E-state index is 12.2. The molecule has 0 unspecified atom stereocenters.